The molecule has 0 aliphatic carbocycles. The minimum Gasteiger partial charge on any atom is -0.342 e. The number of hydrogen-bond donors (Lipinski definition) is 0. The van der Waals surface area contributed by atoms with Gasteiger partial charge in [-0.2, -0.15) is 9.61 Å². The summed E-state index contributed by atoms with van der Waals surface area (Å²) < 4.78 is 35.6. The molecule has 0 saturated carbocycles. The van der Waals surface area contributed by atoms with E-state index in [4.69, 9.17) is 4.74 Å². The van der Waals surface area contributed by atoms with Gasteiger partial charge in [-0.15, -0.1) is 0 Å². The van der Waals surface area contributed by atoms with Gasteiger partial charge in [0, 0.05) is 43.8 Å². The van der Waals surface area contributed by atoms with Crippen molar-refractivity contribution in [3.05, 3.63) is 53.5 Å². The maximum absolute atomic E-state index is 13.8. The van der Waals surface area contributed by atoms with E-state index in [1.54, 1.807) is 15.6 Å². The Kier molecular flexibility index (Phi) is 4.23. The predicted octanol–water partition coefficient (Wildman–Crippen LogP) is 2.77. The summed E-state index contributed by atoms with van der Waals surface area (Å²) in [4.78, 5) is 26.1. The van der Waals surface area contributed by atoms with E-state index >= 15 is 0 Å². The normalized spacial score (nSPS) is 24.7. The van der Waals surface area contributed by atoms with E-state index in [9.17, 15) is 13.6 Å². The average molecular weight is 440 g/mol. The third kappa shape index (κ3) is 2.82. The van der Waals surface area contributed by atoms with E-state index in [1.165, 1.54) is 18.5 Å². The monoisotopic (exact) mass is 440 g/mol. The van der Waals surface area contributed by atoms with Gasteiger partial charge in [-0.3, -0.25) is 4.79 Å². The lowest BCUT2D eigenvalue weighted by atomic mass is 9.89. The molecule has 2 atom stereocenters. The number of amides is 1. The van der Waals surface area contributed by atoms with Crippen molar-refractivity contribution >= 4 is 17.5 Å². The second-order valence-corrected chi connectivity index (χ2v) is 8.80. The summed E-state index contributed by atoms with van der Waals surface area (Å²) in [6.07, 6.45) is 5.22. The molecule has 3 aliphatic rings. The van der Waals surface area contributed by atoms with Crippen molar-refractivity contribution in [3.8, 4) is 0 Å². The number of aryl methyl sites for hydroxylation is 1. The minimum atomic E-state index is -0.905. The number of carbonyl (C=O) groups excluding carboxylic acids is 1. The van der Waals surface area contributed by atoms with Crippen molar-refractivity contribution in [2.24, 2.45) is 0 Å². The highest BCUT2D eigenvalue weighted by molar-refractivity contribution is 5.88. The summed E-state index contributed by atoms with van der Waals surface area (Å²) in [5, 5.41) is 4.30. The molecule has 0 radical (unpaired) electrons. The van der Waals surface area contributed by atoms with Crippen LogP contribution >= 0.6 is 0 Å². The quantitative estimate of drug-likeness (QED) is 0.610. The summed E-state index contributed by atoms with van der Waals surface area (Å²) >= 11 is 0. The fraction of sp³-hybridized carbons (Fsp3) is 0.455. The molecule has 32 heavy (non-hydrogen) atoms. The van der Waals surface area contributed by atoms with Crippen LogP contribution in [0.3, 0.4) is 0 Å². The topological polar surface area (TPSA) is 75.9 Å². The van der Waals surface area contributed by atoms with Crippen LogP contribution in [0.5, 0.6) is 0 Å². The summed E-state index contributed by atoms with van der Waals surface area (Å²) in [6.45, 7) is 3.10. The summed E-state index contributed by atoms with van der Waals surface area (Å²) in [7, 11) is 0. The minimum absolute atomic E-state index is 0.0860. The first-order valence-corrected chi connectivity index (χ1v) is 10.8. The number of fused-ring (bicyclic) bond motifs is 2. The van der Waals surface area contributed by atoms with Crippen LogP contribution in [0.4, 0.5) is 14.7 Å². The summed E-state index contributed by atoms with van der Waals surface area (Å²) in [6, 6.07) is 3.09. The lowest BCUT2D eigenvalue weighted by Gasteiger charge is -2.37. The van der Waals surface area contributed by atoms with Crippen molar-refractivity contribution in [2.45, 2.75) is 50.5 Å². The Bertz CT molecular complexity index is 1200. The van der Waals surface area contributed by atoms with Gasteiger partial charge in [0.1, 0.15) is 24.2 Å². The molecule has 2 aromatic heterocycles. The Morgan fingerprint density at radius 1 is 1.09 bits per heavy atom. The molecule has 3 aliphatic heterocycles. The van der Waals surface area contributed by atoms with E-state index in [-0.39, 0.29) is 18.2 Å². The number of anilines is 1. The standard InChI is InChI=1S/C22H22F2N6O2/c1-13-11-25-21(30-19(13)26-12-27-30)28-6-4-22(5-7-28)20(31)29-17(2-3-18(29)32-22)14-8-15(23)10-16(24)9-14/h8-12,17-18H,2-7H2,1H3/t17-,18+/m0/s1. The van der Waals surface area contributed by atoms with Gasteiger partial charge in [0.25, 0.3) is 5.91 Å². The molecule has 10 heteroatoms. The highest BCUT2D eigenvalue weighted by Gasteiger charge is 2.58. The molecular formula is C22H22F2N6O2. The van der Waals surface area contributed by atoms with Gasteiger partial charge in [0.05, 0.1) is 6.04 Å². The average Bonchev–Trinajstić information content (AvgIpc) is 3.46. The number of piperidine rings is 1. The lowest BCUT2D eigenvalue weighted by molar-refractivity contribution is -0.140. The molecule has 0 bridgehead atoms. The van der Waals surface area contributed by atoms with Gasteiger partial charge < -0.3 is 14.5 Å². The molecule has 6 rings (SSSR count). The predicted molar refractivity (Wildman–Crippen MR) is 110 cm³/mol. The maximum Gasteiger partial charge on any atom is 0.257 e. The SMILES string of the molecule is Cc1cnc(N2CCC3(CC2)O[C@@H]2CC[C@@H](c4cc(F)cc(F)c4)N2C3=O)n2ncnc12. The van der Waals surface area contributed by atoms with Gasteiger partial charge in [-0.1, -0.05) is 0 Å². The van der Waals surface area contributed by atoms with Crippen molar-refractivity contribution in [2.75, 3.05) is 18.0 Å². The Labute approximate surface area is 182 Å². The molecule has 3 fully saturated rings. The van der Waals surface area contributed by atoms with E-state index in [0.717, 1.165) is 17.3 Å². The molecule has 1 spiro atoms. The maximum atomic E-state index is 13.8. The number of aromatic nitrogens is 4. The fourth-order valence-electron chi connectivity index (χ4n) is 5.35. The number of ether oxygens (including phenoxy) is 1. The number of carbonyl (C=O) groups is 1. The first kappa shape index (κ1) is 19.5. The van der Waals surface area contributed by atoms with Crippen molar-refractivity contribution in [3.63, 3.8) is 0 Å². The lowest BCUT2D eigenvalue weighted by Crippen LogP contribution is -2.51. The van der Waals surface area contributed by atoms with Gasteiger partial charge in [-0.25, -0.2) is 18.7 Å². The molecule has 3 saturated heterocycles. The molecule has 3 aromatic rings. The van der Waals surface area contributed by atoms with Crippen LogP contribution < -0.4 is 4.90 Å². The van der Waals surface area contributed by atoms with Crippen LogP contribution in [0.25, 0.3) is 5.65 Å². The van der Waals surface area contributed by atoms with Gasteiger partial charge >= 0.3 is 0 Å². The van der Waals surface area contributed by atoms with Crippen LogP contribution in [-0.2, 0) is 9.53 Å². The zero-order valence-corrected chi connectivity index (χ0v) is 17.5. The number of rotatable bonds is 2. The van der Waals surface area contributed by atoms with E-state index in [0.29, 0.717) is 50.3 Å². The number of nitrogens with zero attached hydrogens (tertiary/aromatic N) is 6. The number of halogens is 2. The van der Waals surface area contributed by atoms with Crippen molar-refractivity contribution < 1.29 is 18.3 Å². The smallest absolute Gasteiger partial charge is 0.257 e. The number of benzene rings is 1. The molecule has 1 amide bonds. The second-order valence-electron chi connectivity index (χ2n) is 8.80. The van der Waals surface area contributed by atoms with E-state index in [1.807, 2.05) is 6.92 Å². The zero-order valence-electron chi connectivity index (χ0n) is 17.5. The Balaban J connectivity index is 1.24. The largest absolute Gasteiger partial charge is 0.342 e. The van der Waals surface area contributed by atoms with E-state index < -0.39 is 17.2 Å². The van der Waals surface area contributed by atoms with Crippen LogP contribution in [0.2, 0.25) is 0 Å². The highest BCUT2D eigenvalue weighted by Crippen LogP contribution is 2.48. The van der Waals surface area contributed by atoms with Crippen LogP contribution in [0.15, 0.2) is 30.7 Å². The van der Waals surface area contributed by atoms with Crippen LogP contribution in [0, 0.1) is 18.6 Å². The molecular weight excluding hydrogens is 418 g/mol. The third-order valence-corrected chi connectivity index (χ3v) is 6.91. The van der Waals surface area contributed by atoms with Gasteiger partial charge in [0.2, 0.25) is 5.95 Å². The third-order valence-electron chi connectivity index (χ3n) is 6.91. The fourth-order valence-corrected chi connectivity index (χ4v) is 5.35. The second kappa shape index (κ2) is 6.93. The number of hydrogen-bond acceptors (Lipinski definition) is 6. The van der Waals surface area contributed by atoms with Crippen LogP contribution in [0.1, 0.15) is 42.9 Å². The Morgan fingerprint density at radius 2 is 1.84 bits per heavy atom. The summed E-state index contributed by atoms with van der Waals surface area (Å²) in [5.41, 5.74) is 1.27. The molecule has 0 N–H and O–H groups in total. The van der Waals surface area contributed by atoms with Crippen LogP contribution in [-0.4, -0.2) is 55.3 Å². The Hall–Kier alpha value is -3.14. The molecule has 1 aromatic carbocycles. The zero-order chi connectivity index (χ0) is 22.0. The molecule has 0 unspecified atom stereocenters. The highest BCUT2D eigenvalue weighted by atomic mass is 19.1. The first-order chi connectivity index (χ1) is 15.4. The van der Waals surface area contributed by atoms with Gasteiger partial charge in [0.15, 0.2) is 11.2 Å². The molecule has 5 heterocycles. The summed E-state index contributed by atoms with van der Waals surface area (Å²) in [5.74, 6) is -0.665. The Morgan fingerprint density at radius 3 is 2.59 bits per heavy atom. The van der Waals surface area contributed by atoms with Gasteiger partial charge in [-0.05, 0) is 37.5 Å². The van der Waals surface area contributed by atoms with Crippen molar-refractivity contribution in [1.82, 2.24) is 24.5 Å². The molecule has 8 nitrogen and oxygen atoms in total. The van der Waals surface area contributed by atoms with Crippen molar-refractivity contribution in [1.29, 1.82) is 0 Å². The first-order valence-electron chi connectivity index (χ1n) is 10.8. The molecule has 166 valence electrons. The van der Waals surface area contributed by atoms with E-state index in [2.05, 4.69) is 20.0 Å².